The van der Waals surface area contributed by atoms with Crippen LogP contribution in [0.15, 0.2) is 18.2 Å². The molecule has 2 aromatic rings. The van der Waals surface area contributed by atoms with Gasteiger partial charge in [0.1, 0.15) is 5.82 Å². The Balaban J connectivity index is 2.78. The van der Waals surface area contributed by atoms with Gasteiger partial charge >= 0.3 is 0 Å². The molecule has 0 aliphatic heterocycles. The van der Waals surface area contributed by atoms with Gasteiger partial charge in [-0.3, -0.25) is 0 Å². The van der Waals surface area contributed by atoms with Crippen molar-refractivity contribution in [2.75, 3.05) is 7.05 Å². The van der Waals surface area contributed by atoms with Gasteiger partial charge in [-0.1, -0.05) is 13.8 Å². The second-order valence-electron chi connectivity index (χ2n) is 4.77. The van der Waals surface area contributed by atoms with Crippen molar-refractivity contribution in [3.8, 4) is 0 Å². The molecule has 1 N–H and O–H groups in total. The quantitative estimate of drug-likeness (QED) is 0.863. The fourth-order valence-corrected chi connectivity index (χ4v) is 2.52. The lowest BCUT2D eigenvalue weighted by molar-refractivity contribution is 0.629. The fourth-order valence-electron chi connectivity index (χ4n) is 2.52. The summed E-state index contributed by atoms with van der Waals surface area (Å²) in [6.45, 7) is 5.11. The van der Waals surface area contributed by atoms with Gasteiger partial charge in [0.15, 0.2) is 0 Å². The van der Waals surface area contributed by atoms with Crippen molar-refractivity contribution < 1.29 is 4.39 Å². The molecule has 0 unspecified atom stereocenters. The number of benzene rings is 1. The molecule has 0 atom stereocenters. The van der Waals surface area contributed by atoms with Crippen LogP contribution in [0.2, 0.25) is 0 Å². The lowest BCUT2D eigenvalue weighted by Gasteiger charge is -2.09. The summed E-state index contributed by atoms with van der Waals surface area (Å²) in [5.41, 5.74) is 3.58. The van der Waals surface area contributed by atoms with Crippen LogP contribution >= 0.6 is 0 Å². The number of halogens is 1. The summed E-state index contributed by atoms with van der Waals surface area (Å²) >= 11 is 0. The number of fused-ring (bicyclic) bond motifs is 1. The predicted octanol–water partition coefficient (Wildman–Crippen LogP) is 3.16. The third-order valence-corrected chi connectivity index (χ3v) is 3.25. The number of aryl methyl sites for hydroxylation is 1. The zero-order valence-electron chi connectivity index (χ0n) is 10.8. The molecule has 2 rings (SSSR count). The zero-order valence-corrected chi connectivity index (χ0v) is 10.8. The molecule has 1 aromatic carbocycles. The first kappa shape index (κ1) is 12.1. The van der Waals surface area contributed by atoms with E-state index in [4.69, 9.17) is 0 Å². The molecule has 0 aliphatic rings. The average molecular weight is 234 g/mol. The molecule has 0 radical (unpaired) electrons. The average Bonchev–Trinajstić information content (AvgIpc) is 2.52. The highest BCUT2D eigenvalue weighted by molar-refractivity contribution is 5.86. The van der Waals surface area contributed by atoms with Crippen LogP contribution in [0.5, 0.6) is 0 Å². The van der Waals surface area contributed by atoms with E-state index in [9.17, 15) is 4.39 Å². The van der Waals surface area contributed by atoms with Crippen LogP contribution in [0.3, 0.4) is 0 Å². The molecule has 0 bridgehead atoms. The smallest absolute Gasteiger partial charge is 0.123 e. The Kier molecular flexibility index (Phi) is 3.20. The SMILES string of the molecule is CNCc1c(C(C)C)c2cc(F)ccc2n1C. The Morgan fingerprint density at radius 2 is 2.06 bits per heavy atom. The summed E-state index contributed by atoms with van der Waals surface area (Å²) in [6.07, 6.45) is 0. The maximum Gasteiger partial charge on any atom is 0.123 e. The molecule has 0 fully saturated rings. The van der Waals surface area contributed by atoms with Crippen molar-refractivity contribution in [2.45, 2.75) is 26.3 Å². The number of hydrogen-bond acceptors (Lipinski definition) is 1. The summed E-state index contributed by atoms with van der Waals surface area (Å²) < 4.78 is 15.5. The third-order valence-electron chi connectivity index (χ3n) is 3.25. The van der Waals surface area contributed by atoms with Crippen LogP contribution in [-0.4, -0.2) is 11.6 Å². The van der Waals surface area contributed by atoms with Crippen LogP contribution in [0.25, 0.3) is 10.9 Å². The summed E-state index contributed by atoms with van der Waals surface area (Å²) in [5, 5.41) is 4.22. The third kappa shape index (κ3) is 1.95. The molecule has 2 nitrogen and oxygen atoms in total. The number of hydrogen-bond donors (Lipinski definition) is 1. The summed E-state index contributed by atoms with van der Waals surface area (Å²) in [7, 11) is 3.97. The lowest BCUT2D eigenvalue weighted by atomic mass is 9.99. The van der Waals surface area contributed by atoms with E-state index in [1.165, 1.54) is 17.3 Å². The largest absolute Gasteiger partial charge is 0.346 e. The molecule has 3 heteroatoms. The highest BCUT2D eigenvalue weighted by atomic mass is 19.1. The van der Waals surface area contributed by atoms with Crippen molar-refractivity contribution in [1.82, 2.24) is 9.88 Å². The Morgan fingerprint density at radius 1 is 1.35 bits per heavy atom. The normalized spacial score (nSPS) is 11.6. The summed E-state index contributed by atoms with van der Waals surface area (Å²) in [4.78, 5) is 0. The Hall–Kier alpha value is -1.35. The van der Waals surface area contributed by atoms with Gasteiger partial charge in [0, 0.05) is 30.2 Å². The minimum absolute atomic E-state index is 0.166. The van der Waals surface area contributed by atoms with Gasteiger partial charge in [0.25, 0.3) is 0 Å². The maximum atomic E-state index is 13.4. The van der Waals surface area contributed by atoms with E-state index < -0.39 is 0 Å². The Morgan fingerprint density at radius 3 is 2.65 bits per heavy atom. The molecule has 0 spiro atoms. The van der Waals surface area contributed by atoms with Crippen molar-refractivity contribution in [2.24, 2.45) is 7.05 Å². The molecule has 0 amide bonds. The number of aromatic nitrogens is 1. The van der Waals surface area contributed by atoms with Gasteiger partial charge in [-0.25, -0.2) is 4.39 Å². The van der Waals surface area contributed by atoms with Crippen molar-refractivity contribution in [3.05, 3.63) is 35.3 Å². The van der Waals surface area contributed by atoms with Crippen LogP contribution in [0.4, 0.5) is 4.39 Å². The molecule has 0 saturated heterocycles. The predicted molar refractivity (Wildman–Crippen MR) is 69.7 cm³/mol. The summed E-state index contributed by atoms with van der Waals surface area (Å²) in [5.74, 6) is 0.227. The van der Waals surface area contributed by atoms with Crippen LogP contribution in [-0.2, 0) is 13.6 Å². The van der Waals surface area contributed by atoms with E-state index in [-0.39, 0.29) is 5.82 Å². The molecule has 92 valence electrons. The number of rotatable bonds is 3. The van der Waals surface area contributed by atoms with Crippen molar-refractivity contribution >= 4 is 10.9 Å². The van der Waals surface area contributed by atoms with E-state index in [1.54, 1.807) is 6.07 Å². The standard InChI is InChI=1S/C14H19FN2/c1-9(2)14-11-7-10(15)5-6-12(11)17(4)13(14)8-16-3/h5-7,9,16H,8H2,1-4H3. The fraction of sp³-hybridized carbons (Fsp3) is 0.429. The summed E-state index contributed by atoms with van der Waals surface area (Å²) in [6, 6.07) is 5.02. The second-order valence-corrected chi connectivity index (χ2v) is 4.77. The maximum absolute atomic E-state index is 13.4. The Labute approximate surface area is 101 Å². The molecular weight excluding hydrogens is 215 g/mol. The van der Waals surface area contributed by atoms with Crippen LogP contribution in [0, 0.1) is 5.82 Å². The molecule has 17 heavy (non-hydrogen) atoms. The second kappa shape index (κ2) is 4.49. The minimum Gasteiger partial charge on any atom is -0.346 e. The monoisotopic (exact) mass is 234 g/mol. The van der Waals surface area contributed by atoms with E-state index >= 15 is 0 Å². The molecule has 0 saturated carbocycles. The molecule has 0 aliphatic carbocycles. The van der Waals surface area contributed by atoms with Gasteiger partial charge < -0.3 is 9.88 Å². The minimum atomic E-state index is -0.166. The van der Waals surface area contributed by atoms with Crippen molar-refractivity contribution in [3.63, 3.8) is 0 Å². The van der Waals surface area contributed by atoms with Gasteiger partial charge in [0.05, 0.1) is 0 Å². The lowest BCUT2D eigenvalue weighted by Crippen LogP contribution is -2.11. The first-order valence-corrected chi connectivity index (χ1v) is 5.97. The van der Waals surface area contributed by atoms with E-state index in [2.05, 4.69) is 23.7 Å². The van der Waals surface area contributed by atoms with Crippen LogP contribution in [0.1, 0.15) is 31.0 Å². The van der Waals surface area contributed by atoms with Gasteiger partial charge in [-0.2, -0.15) is 0 Å². The van der Waals surface area contributed by atoms with E-state index in [0.29, 0.717) is 5.92 Å². The van der Waals surface area contributed by atoms with Gasteiger partial charge in [-0.05, 0) is 36.7 Å². The number of nitrogens with zero attached hydrogens (tertiary/aromatic N) is 1. The first-order valence-electron chi connectivity index (χ1n) is 5.97. The van der Waals surface area contributed by atoms with Gasteiger partial charge in [-0.15, -0.1) is 0 Å². The van der Waals surface area contributed by atoms with E-state index in [1.807, 2.05) is 20.2 Å². The highest BCUT2D eigenvalue weighted by Gasteiger charge is 2.17. The highest BCUT2D eigenvalue weighted by Crippen LogP contribution is 2.31. The number of nitrogens with one attached hydrogen (secondary N) is 1. The molecular formula is C14H19FN2. The topological polar surface area (TPSA) is 17.0 Å². The molecule has 1 heterocycles. The Bertz CT molecular complexity index is 541. The van der Waals surface area contributed by atoms with Crippen LogP contribution < -0.4 is 5.32 Å². The zero-order chi connectivity index (χ0) is 12.6. The first-order chi connectivity index (χ1) is 8.06. The van der Waals surface area contributed by atoms with Gasteiger partial charge in [0.2, 0.25) is 0 Å². The van der Waals surface area contributed by atoms with E-state index in [0.717, 1.165) is 17.4 Å². The molecule has 1 aromatic heterocycles. The van der Waals surface area contributed by atoms with Crippen molar-refractivity contribution in [1.29, 1.82) is 0 Å².